The van der Waals surface area contributed by atoms with Gasteiger partial charge in [0.15, 0.2) is 5.78 Å². The molecule has 186 valence electrons. The summed E-state index contributed by atoms with van der Waals surface area (Å²) >= 11 is 0. The number of carbonyl (C=O) groups excluding carboxylic acids is 1. The van der Waals surface area contributed by atoms with Gasteiger partial charge in [0.2, 0.25) is 0 Å². The minimum atomic E-state index is -0.491. The van der Waals surface area contributed by atoms with Gasteiger partial charge in [-0.2, -0.15) is 0 Å². The predicted octanol–water partition coefficient (Wildman–Crippen LogP) is 7.98. The van der Waals surface area contributed by atoms with E-state index in [1.54, 1.807) is 31.4 Å². The number of allylic oxidation sites excluding steroid dienone is 2. The Kier molecular flexibility index (Phi) is 12.5. The lowest BCUT2D eigenvalue weighted by Gasteiger charge is -2.35. The van der Waals surface area contributed by atoms with Crippen LogP contribution in [-0.2, 0) is 5.41 Å². The number of hydrogen-bond acceptors (Lipinski definition) is 3. The average Bonchev–Trinajstić information content (AvgIpc) is 2.88. The maximum atomic E-state index is 14.9. The quantitative estimate of drug-likeness (QED) is 0.400. The number of ketones is 1. The van der Waals surface area contributed by atoms with Crippen molar-refractivity contribution in [3.8, 4) is 5.75 Å². The van der Waals surface area contributed by atoms with Crippen LogP contribution in [0.1, 0.15) is 93.8 Å². The Morgan fingerprint density at radius 1 is 1.06 bits per heavy atom. The van der Waals surface area contributed by atoms with Crippen LogP contribution in [-0.4, -0.2) is 19.4 Å². The summed E-state index contributed by atoms with van der Waals surface area (Å²) in [7, 11) is 1.59. The number of Topliss-reactive ketones (excluding diaryl/α,β-unsaturated/α-hetero) is 1. The van der Waals surface area contributed by atoms with E-state index < -0.39 is 11.2 Å². The molecule has 0 radical (unpaired) electrons. The minimum Gasteiger partial charge on any atom is -0.497 e. The summed E-state index contributed by atoms with van der Waals surface area (Å²) in [4.78, 5) is 13.3. The maximum absolute atomic E-state index is 14.9. The second-order valence-electron chi connectivity index (χ2n) is 8.37. The Hall–Kier alpha value is -2.72. The number of benzene rings is 2. The molecule has 1 aliphatic carbocycles. The average molecular weight is 468 g/mol. The van der Waals surface area contributed by atoms with E-state index in [9.17, 15) is 9.18 Å². The van der Waals surface area contributed by atoms with E-state index in [0.29, 0.717) is 17.9 Å². The van der Waals surface area contributed by atoms with Crippen LogP contribution in [0.15, 0.2) is 49.1 Å². The molecule has 0 amide bonds. The Bertz CT molecular complexity index is 961. The Morgan fingerprint density at radius 3 is 2.18 bits per heavy atom. The standard InChI is InChI=1S/C24H26FNO2.C4H10.C2H6/c1-4-16-9-12-20(25)21-22(16)24(2,13-5-6-14-26)15-19(23(21)27)17-7-10-18(28-3)11-8-17;1-3-4-2;1-2/h4,7-12,15H,1,5-6,13-14,26H2,2-3H3;3-4H2,1-2H3;1-2H3. The summed E-state index contributed by atoms with van der Waals surface area (Å²) in [6, 6.07) is 10.3. The van der Waals surface area contributed by atoms with Gasteiger partial charge in [-0.3, -0.25) is 4.79 Å². The normalized spacial score (nSPS) is 16.2. The van der Waals surface area contributed by atoms with Crippen LogP contribution < -0.4 is 10.5 Å². The highest BCUT2D eigenvalue weighted by Gasteiger charge is 2.38. The number of ether oxygens (including phenoxy) is 1. The Labute approximate surface area is 205 Å². The molecule has 0 spiro atoms. The van der Waals surface area contributed by atoms with E-state index in [4.69, 9.17) is 10.5 Å². The second-order valence-corrected chi connectivity index (χ2v) is 8.37. The van der Waals surface area contributed by atoms with E-state index >= 15 is 0 Å². The third kappa shape index (κ3) is 6.89. The largest absolute Gasteiger partial charge is 0.497 e. The molecule has 4 heteroatoms. The van der Waals surface area contributed by atoms with Crippen LogP contribution in [0.3, 0.4) is 0 Å². The Balaban J connectivity index is 0.000000872. The fraction of sp³-hybridized carbons (Fsp3) is 0.433. The lowest BCUT2D eigenvalue weighted by Crippen LogP contribution is -2.30. The van der Waals surface area contributed by atoms with E-state index in [1.165, 1.54) is 18.9 Å². The van der Waals surface area contributed by atoms with Crippen LogP contribution in [0, 0.1) is 5.82 Å². The number of hydrogen-bond donors (Lipinski definition) is 1. The smallest absolute Gasteiger partial charge is 0.196 e. The molecule has 2 aromatic carbocycles. The summed E-state index contributed by atoms with van der Waals surface area (Å²) in [5.41, 5.74) is 8.13. The molecule has 0 saturated carbocycles. The maximum Gasteiger partial charge on any atom is 0.196 e. The second kappa shape index (κ2) is 14.5. The number of fused-ring (bicyclic) bond motifs is 1. The Morgan fingerprint density at radius 2 is 1.68 bits per heavy atom. The van der Waals surface area contributed by atoms with E-state index in [0.717, 1.165) is 36.0 Å². The van der Waals surface area contributed by atoms with Crippen molar-refractivity contribution >= 4 is 17.4 Å². The molecule has 0 fully saturated rings. The number of carbonyl (C=O) groups is 1. The molecule has 0 aliphatic heterocycles. The molecule has 3 rings (SSSR count). The van der Waals surface area contributed by atoms with Gasteiger partial charge in [0, 0.05) is 11.0 Å². The summed E-state index contributed by atoms with van der Waals surface area (Å²) in [6.07, 6.45) is 8.86. The first-order chi connectivity index (χ1) is 16.4. The van der Waals surface area contributed by atoms with Crippen molar-refractivity contribution in [2.75, 3.05) is 13.7 Å². The first-order valence-electron chi connectivity index (χ1n) is 12.4. The van der Waals surface area contributed by atoms with Crippen LogP contribution in [0.25, 0.3) is 11.6 Å². The van der Waals surface area contributed by atoms with Gasteiger partial charge in [-0.05, 0) is 54.3 Å². The van der Waals surface area contributed by atoms with Gasteiger partial charge in [-0.15, -0.1) is 0 Å². The van der Waals surface area contributed by atoms with E-state index in [2.05, 4.69) is 27.4 Å². The molecule has 0 bridgehead atoms. The molecule has 1 unspecified atom stereocenters. The number of rotatable bonds is 8. The molecular weight excluding hydrogens is 425 g/mol. The molecule has 1 atom stereocenters. The lowest BCUT2D eigenvalue weighted by atomic mass is 9.67. The van der Waals surface area contributed by atoms with Gasteiger partial charge in [0.25, 0.3) is 0 Å². The first kappa shape index (κ1) is 29.3. The van der Waals surface area contributed by atoms with Crippen molar-refractivity contribution in [2.45, 2.75) is 72.1 Å². The van der Waals surface area contributed by atoms with E-state index in [-0.39, 0.29) is 11.3 Å². The molecule has 2 N–H and O–H groups in total. The van der Waals surface area contributed by atoms with Crippen molar-refractivity contribution in [1.29, 1.82) is 0 Å². The molecule has 3 nitrogen and oxygen atoms in total. The van der Waals surface area contributed by atoms with Crippen LogP contribution in [0.2, 0.25) is 0 Å². The monoisotopic (exact) mass is 467 g/mol. The highest BCUT2D eigenvalue weighted by molar-refractivity contribution is 6.31. The molecule has 0 aromatic heterocycles. The summed E-state index contributed by atoms with van der Waals surface area (Å²) in [6.45, 7) is 14.9. The summed E-state index contributed by atoms with van der Waals surface area (Å²) in [5.74, 6) is -0.0775. The number of halogens is 1. The zero-order valence-electron chi connectivity index (χ0n) is 21.8. The third-order valence-corrected chi connectivity index (χ3v) is 5.96. The summed E-state index contributed by atoms with van der Waals surface area (Å²) in [5, 5.41) is 0. The fourth-order valence-electron chi connectivity index (χ4n) is 4.01. The molecule has 34 heavy (non-hydrogen) atoms. The summed E-state index contributed by atoms with van der Waals surface area (Å²) < 4.78 is 20.1. The zero-order valence-corrected chi connectivity index (χ0v) is 21.8. The van der Waals surface area contributed by atoms with Gasteiger partial charge in [0.1, 0.15) is 11.6 Å². The van der Waals surface area contributed by atoms with Crippen molar-refractivity contribution in [3.63, 3.8) is 0 Å². The lowest BCUT2D eigenvalue weighted by molar-refractivity contribution is 0.104. The van der Waals surface area contributed by atoms with Crippen LogP contribution in [0.4, 0.5) is 4.39 Å². The first-order valence-corrected chi connectivity index (χ1v) is 12.4. The van der Waals surface area contributed by atoms with Gasteiger partial charge >= 0.3 is 0 Å². The molecule has 0 saturated heterocycles. The highest BCUT2D eigenvalue weighted by Crippen LogP contribution is 2.44. The van der Waals surface area contributed by atoms with Crippen LogP contribution in [0.5, 0.6) is 5.75 Å². The van der Waals surface area contributed by atoms with Gasteiger partial charge in [-0.1, -0.05) is 90.8 Å². The van der Waals surface area contributed by atoms with Crippen molar-refractivity contribution in [1.82, 2.24) is 0 Å². The number of nitrogens with two attached hydrogens (primary N) is 1. The SMILES string of the molecule is C=Cc1ccc(F)c2c1C(C)(CCCCN)C=C(c1ccc(OC)cc1)C2=O.CC.CCCC. The molecular formula is C30H42FNO2. The van der Waals surface area contributed by atoms with Gasteiger partial charge < -0.3 is 10.5 Å². The number of methoxy groups -OCH3 is 1. The topological polar surface area (TPSA) is 52.3 Å². The molecule has 2 aromatic rings. The van der Waals surface area contributed by atoms with Crippen LogP contribution >= 0.6 is 0 Å². The minimum absolute atomic E-state index is 0.154. The van der Waals surface area contributed by atoms with E-state index in [1.807, 2.05) is 32.1 Å². The van der Waals surface area contributed by atoms with Crippen molar-refractivity contribution < 1.29 is 13.9 Å². The van der Waals surface area contributed by atoms with Gasteiger partial charge in [0.05, 0.1) is 12.7 Å². The fourth-order valence-corrected chi connectivity index (χ4v) is 4.01. The number of unbranched alkanes of at least 4 members (excludes halogenated alkanes) is 2. The van der Waals surface area contributed by atoms with Gasteiger partial charge in [-0.25, -0.2) is 4.39 Å². The zero-order chi connectivity index (χ0) is 25.7. The van der Waals surface area contributed by atoms with Crippen molar-refractivity contribution in [3.05, 3.63) is 77.1 Å². The molecule has 0 heterocycles. The third-order valence-electron chi connectivity index (χ3n) is 5.96. The predicted molar refractivity (Wildman–Crippen MR) is 144 cm³/mol. The highest BCUT2D eigenvalue weighted by atomic mass is 19.1. The van der Waals surface area contributed by atoms with Crippen molar-refractivity contribution in [2.24, 2.45) is 5.73 Å². The molecule has 1 aliphatic rings.